The van der Waals surface area contributed by atoms with E-state index in [2.05, 4.69) is 19.9 Å². The summed E-state index contributed by atoms with van der Waals surface area (Å²) >= 11 is 0. The SMILES string of the molecule is CC(C)C1CN(C(=O)c2cccc3c2COC3)CCN1C(=O)CC1=CCCC1. The number of carbonyl (C=O) groups excluding carboxylic acids is 2. The maximum absolute atomic E-state index is 13.2. The first-order chi connectivity index (χ1) is 13.5. The predicted octanol–water partition coefficient (Wildman–Crippen LogP) is 3.53. The minimum atomic E-state index is 0.0681. The van der Waals surface area contributed by atoms with Gasteiger partial charge in [-0.05, 0) is 42.4 Å². The van der Waals surface area contributed by atoms with E-state index in [0.717, 1.165) is 29.5 Å². The van der Waals surface area contributed by atoms with Crippen molar-refractivity contribution >= 4 is 11.8 Å². The lowest BCUT2D eigenvalue weighted by molar-refractivity contribution is -0.136. The number of ether oxygens (including phenoxy) is 1. The number of carbonyl (C=O) groups is 2. The number of nitrogens with zero attached hydrogens (tertiary/aromatic N) is 2. The normalized spacial score (nSPS) is 21.8. The Morgan fingerprint density at radius 3 is 2.82 bits per heavy atom. The van der Waals surface area contributed by atoms with Gasteiger partial charge in [0.15, 0.2) is 0 Å². The summed E-state index contributed by atoms with van der Waals surface area (Å²) in [6.45, 7) is 7.20. The third-order valence-electron chi connectivity index (χ3n) is 6.32. The molecule has 1 saturated heterocycles. The molecule has 1 fully saturated rings. The molecule has 3 aliphatic rings. The van der Waals surface area contributed by atoms with E-state index in [1.165, 1.54) is 12.0 Å². The first kappa shape index (κ1) is 19.2. The summed E-state index contributed by atoms with van der Waals surface area (Å²) in [4.78, 5) is 30.1. The van der Waals surface area contributed by atoms with Gasteiger partial charge in [0.1, 0.15) is 0 Å². The highest BCUT2D eigenvalue weighted by Gasteiger charge is 2.35. The molecule has 0 bridgehead atoms. The molecule has 2 heterocycles. The zero-order valence-corrected chi connectivity index (χ0v) is 16.9. The van der Waals surface area contributed by atoms with Crippen LogP contribution in [0.5, 0.6) is 0 Å². The van der Waals surface area contributed by atoms with E-state index in [4.69, 9.17) is 4.74 Å². The van der Waals surface area contributed by atoms with Gasteiger partial charge in [-0.3, -0.25) is 9.59 Å². The molecule has 2 aliphatic heterocycles. The van der Waals surface area contributed by atoms with Crippen LogP contribution in [0.15, 0.2) is 29.8 Å². The topological polar surface area (TPSA) is 49.9 Å². The molecular weight excluding hydrogens is 352 g/mol. The first-order valence-corrected chi connectivity index (χ1v) is 10.5. The van der Waals surface area contributed by atoms with E-state index in [9.17, 15) is 9.59 Å². The van der Waals surface area contributed by atoms with Gasteiger partial charge in [0.25, 0.3) is 5.91 Å². The van der Waals surface area contributed by atoms with Crippen LogP contribution in [0.4, 0.5) is 0 Å². The Hall–Kier alpha value is -2.14. The third kappa shape index (κ3) is 3.72. The van der Waals surface area contributed by atoms with Crippen LogP contribution in [-0.4, -0.2) is 47.3 Å². The summed E-state index contributed by atoms with van der Waals surface area (Å²) in [5.41, 5.74) is 4.18. The maximum atomic E-state index is 13.2. The number of allylic oxidation sites excluding steroid dienone is 1. The van der Waals surface area contributed by atoms with Crippen molar-refractivity contribution in [2.75, 3.05) is 19.6 Å². The lowest BCUT2D eigenvalue weighted by atomic mass is 9.96. The highest BCUT2D eigenvalue weighted by molar-refractivity contribution is 5.96. The van der Waals surface area contributed by atoms with Crippen molar-refractivity contribution in [3.05, 3.63) is 46.5 Å². The Morgan fingerprint density at radius 1 is 1.21 bits per heavy atom. The zero-order chi connectivity index (χ0) is 19.7. The number of fused-ring (bicyclic) bond motifs is 1. The predicted molar refractivity (Wildman–Crippen MR) is 108 cm³/mol. The summed E-state index contributed by atoms with van der Waals surface area (Å²) in [7, 11) is 0. The average Bonchev–Trinajstić information content (AvgIpc) is 3.38. The summed E-state index contributed by atoms with van der Waals surface area (Å²) in [5, 5.41) is 0. The van der Waals surface area contributed by atoms with Crippen molar-refractivity contribution in [2.45, 2.75) is 58.8 Å². The molecule has 0 saturated carbocycles. The molecule has 5 heteroatoms. The third-order valence-corrected chi connectivity index (χ3v) is 6.32. The van der Waals surface area contributed by atoms with Crippen molar-refractivity contribution in [1.82, 2.24) is 9.80 Å². The fraction of sp³-hybridized carbons (Fsp3) is 0.565. The van der Waals surface area contributed by atoms with Gasteiger partial charge in [-0.15, -0.1) is 0 Å². The largest absolute Gasteiger partial charge is 0.372 e. The summed E-state index contributed by atoms with van der Waals surface area (Å²) in [5.74, 6) is 0.591. The Labute approximate surface area is 167 Å². The molecule has 0 aromatic heterocycles. The lowest BCUT2D eigenvalue weighted by Gasteiger charge is -2.43. The fourth-order valence-corrected chi connectivity index (χ4v) is 4.64. The summed E-state index contributed by atoms with van der Waals surface area (Å²) in [6.07, 6.45) is 6.09. The number of amides is 2. The smallest absolute Gasteiger partial charge is 0.254 e. The Morgan fingerprint density at radius 2 is 2.07 bits per heavy atom. The molecule has 1 aliphatic carbocycles. The van der Waals surface area contributed by atoms with E-state index in [0.29, 0.717) is 45.2 Å². The molecular formula is C23H30N2O3. The average molecular weight is 383 g/mol. The minimum absolute atomic E-state index is 0.0681. The highest BCUT2D eigenvalue weighted by atomic mass is 16.5. The van der Waals surface area contributed by atoms with Crippen molar-refractivity contribution in [1.29, 1.82) is 0 Å². The van der Waals surface area contributed by atoms with Gasteiger partial charge in [0.05, 0.1) is 19.3 Å². The van der Waals surface area contributed by atoms with Gasteiger partial charge in [-0.2, -0.15) is 0 Å². The van der Waals surface area contributed by atoms with Gasteiger partial charge >= 0.3 is 0 Å². The second-order valence-corrected chi connectivity index (χ2v) is 8.52. The molecule has 150 valence electrons. The van der Waals surface area contributed by atoms with Crippen LogP contribution in [-0.2, 0) is 22.7 Å². The molecule has 0 spiro atoms. The second kappa shape index (κ2) is 8.08. The first-order valence-electron chi connectivity index (χ1n) is 10.5. The Balaban J connectivity index is 1.48. The summed E-state index contributed by atoms with van der Waals surface area (Å²) in [6, 6.07) is 5.95. The van der Waals surface area contributed by atoms with E-state index < -0.39 is 0 Å². The number of hydrogen-bond acceptors (Lipinski definition) is 3. The fourth-order valence-electron chi connectivity index (χ4n) is 4.64. The van der Waals surface area contributed by atoms with Crippen LogP contribution in [0.25, 0.3) is 0 Å². The summed E-state index contributed by atoms with van der Waals surface area (Å²) < 4.78 is 5.54. The zero-order valence-electron chi connectivity index (χ0n) is 16.9. The van der Waals surface area contributed by atoms with Gasteiger partial charge in [0.2, 0.25) is 5.91 Å². The van der Waals surface area contributed by atoms with Gasteiger partial charge < -0.3 is 14.5 Å². The van der Waals surface area contributed by atoms with E-state index in [1.54, 1.807) is 0 Å². The molecule has 4 rings (SSSR count). The van der Waals surface area contributed by atoms with Crippen LogP contribution >= 0.6 is 0 Å². The molecule has 28 heavy (non-hydrogen) atoms. The number of benzene rings is 1. The number of rotatable bonds is 4. The molecule has 5 nitrogen and oxygen atoms in total. The van der Waals surface area contributed by atoms with Crippen LogP contribution in [0.1, 0.15) is 61.0 Å². The van der Waals surface area contributed by atoms with Crippen LogP contribution in [0, 0.1) is 5.92 Å². The molecule has 1 aromatic carbocycles. The molecule has 2 amide bonds. The minimum Gasteiger partial charge on any atom is -0.372 e. The van der Waals surface area contributed by atoms with Crippen molar-refractivity contribution in [3.8, 4) is 0 Å². The van der Waals surface area contributed by atoms with Crippen LogP contribution in [0.2, 0.25) is 0 Å². The Bertz CT molecular complexity index is 799. The molecule has 0 radical (unpaired) electrons. The molecule has 1 aromatic rings. The van der Waals surface area contributed by atoms with E-state index >= 15 is 0 Å². The van der Waals surface area contributed by atoms with Crippen molar-refractivity contribution < 1.29 is 14.3 Å². The van der Waals surface area contributed by atoms with Crippen LogP contribution < -0.4 is 0 Å². The lowest BCUT2D eigenvalue weighted by Crippen LogP contribution is -2.58. The van der Waals surface area contributed by atoms with Gasteiger partial charge in [-0.25, -0.2) is 0 Å². The van der Waals surface area contributed by atoms with Crippen LogP contribution in [0.3, 0.4) is 0 Å². The standard InChI is InChI=1S/C23H30N2O3/c1-16(2)21-13-24(10-11-25(21)22(26)12-17-6-3-4-7-17)23(27)19-9-5-8-18-14-28-15-20(18)19/h5-6,8-9,16,21H,3-4,7,10-15H2,1-2H3. The molecule has 1 unspecified atom stereocenters. The van der Waals surface area contributed by atoms with E-state index in [-0.39, 0.29) is 17.9 Å². The number of hydrogen-bond donors (Lipinski definition) is 0. The molecule has 0 N–H and O–H groups in total. The van der Waals surface area contributed by atoms with Gasteiger partial charge in [-0.1, -0.05) is 37.6 Å². The van der Waals surface area contributed by atoms with Crippen molar-refractivity contribution in [3.63, 3.8) is 0 Å². The van der Waals surface area contributed by atoms with E-state index in [1.807, 2.05) is 28.0 Å². The highest BCUT2D eigenvalue weighted by Crippen LogP contribution is 2.27. The Kier molecular flexibility index (Phi) is 5.54. The number of piperazine rings is 1. The quantitative estimate of drug-likeness (QED) is 0.749. The second-order valence-electron chi connectivity index (χ2n) is 8.52. The maximum Gasteiger partial charge on any atom is 0.254 e. The van der Waals surface area contributed by atoms with Crippen molar-refractivity contribution in [2.24, 2.45) is 5.92 Å². The van der Waals surface area contributed by atoms with Gasteiger partial charge in [0, 0.05) is 31.6 Å². The monoisotopic (exact) mass is 382 g/mol. The molecule has 1 atom stereocenters.